The topological polar surface area (TPSA) is 93.3 Å². The van der Waals surface area contributed by atoms with E-state index in [-0.39, 0.29) is 18.1 Å². The third-order valence-corrected chi connectivity index (χ3v) is 6.93. The Morgan fingerprint density at radius 2 is 2.00 bits per heavy atom. The number of ether oxygens (including phenoxy) is 1. The van der Waals surface area contributed by atoms with Gasteiger partial charge in [-0.05, 0) is 42.7 Å². The summed E-state index contributed by atoms with van der Waals surface area (Å²) < 4.78 is 20.7. The van der Waals surface area contributed by atoms with Crippen LogP contribution in [0.4, 0.5) is 0 Å². The van der Waals surface area contributed by atoms with E-state index in [0.717, 1.165) is 47.3 Å². The molecule has 2 aromatic heterocycles. The summed E-state index contributed by atoms with van der Waals surface area (Å²) in [5, 5.41) is 3.82. The number of hydrogen-bond donors (Lipinski definition) is 2. The van der Waals surface area contributed by atoms with Crippen molar-refractivity contribution in [1.29, 1.82) is 0 Å². The van der Waals surface area contributed by atoms with E-state index in [9.17, 15) is 9.35 Å². The lowest BCUT2D eigenvalue weighted by Crippen LogP contribution is -2.45. The van der Waals surface area contributed by atoms with Crippen molar-refractivity contribution in [3.63, 3.8) is 0 Å². The predicted octanol–water partition coefficient (Wildman–Crippen LogP) is 2.38. The predicted molar refractivity (Wildman–Crippen MR) is 110 cm³/mol. The molecule has 0 radical (unpaired) electrons. The van der Waals surface area contributed by atoms with Gasteiger partial charge in [-0.1, -0.05) is 12.1 Å². The minimum atomic E-state index is -1.18. The van der Waals surface area contributed by atoms with E-state index in [4.69, 9.17) is 4.74 Å². The van der Waals surface area contributed by atoms with Gasteiger partial charge in [-0.25, -0.2) is 0 Å². The number of aromatic nitrogens is 2. The van der Waals surface area contributed by atoms with Crippen LogP contribution in [0.2, 0.25) is 0 Å². The molecule has 0 spiro atoms. The van der Waals surface area contributed by atoms with E-state index >= 15 is 0 Å². The fourth-order valence-corrected chi connectivity index (χ4v) is 5.23. The average molecular weight is 410 g/mol. The number of carbonyl (C=O) groups excluding carboxylic acids is 1. The molecule has 3 atom stereocenters. The van der Waals surface area contributed by atoms with Crippen LogP contribution >= 0.6 is 0 Å². The molecule has 0 saturated carbocycles. The summed E-state index contributed by atoms with van der Waals surface area (Å²) in [6.45, 7) is 1.85. The molecule has 2 aliphatic rings. The van der Waals surface area contributed by atoms with Crippen molar-refractivity contribution in [2.75, 3.05) is 13.1 Å². The zero-order chi connectivity index (χ0) is 19.8. The highest BCUT2D eigenvalue weighted by Crippen LogP contribution is 2.29. The highest BCUT2D eigenvalue weighted by atomic mass is 32.2. The summed E-state index contributed by atoms with van der Waals surface area (Å²) in [5.74, 6) is -0.169. The van der Waals surface area contributed by atoms with Gasteiger partial charge in [0.2, 0.25) is 0 Å². The van der Waals surface area contributed by atoms with E-state index in [1.165, 1.54) is 0 Å². The van der Waals surface area contributed by atoms with Gasteiger partial charge in [-0.2, -0.15) is 0 Å². The van der Waals surface area contributed by atoms with Gasteiger partial charge in [0.05, 0.1) is 36.7 Å². The second-order valence-electron chi connectivity index (χ2n) is 7.53. The smallest absolute Gasteiger partial charge is 0.267 e. The molecule has 2 bridgehead atoms. The van der Waals surface area contributed by atoms with Crippen LogP contribution in [0, 0.1) is 0 Å². The third kappa shape index (κ3) is 3.89. The van der Waals surface area contributed by atoms with E-state index in [0.29, 0.717) is 12.2 Å². The van der Waals surface area contributed by atoms with Crippen LogP contribution in [0.5, 0.6) is 0 Å². The SMILES string of the molecule is O=C(NCc1ccc([S@@+]([O-])N2CC3CCC(C2)O3)cc1)c1cc2cnccc2[nH]1. The van der Waals surface area contributed by atoms with Gasteiger partial charge < -0.3 is 19.6 Å². The number of carbonyl (C=O) groups is 1. The molecule has 2 fully saturated rings. The first-order valence-electron chi connectivity index (χ1n) is 9.78. The maximum Gasteiger partial charge on any atom is 0.267 e. The molecule has 29 heavy (non-hydrogen) atoms. The van der Waals surface area contributed by atoms with Crippen LogP contribution < -0.4 is 5.32 Å². The monoisotopic (exact) mass is 410 g/mol. The molecule has 4 heterocycles. The molecular formula is C21H22N4O3S. The molecule has 2 saturated heterocycles. The van der Waals surface area contributed by atoms with E-state index < -0.39 is 11.4 Å². The number of pyridine rings is 1. The van der Waals surface area contributed by atoms with Gasteiger partial charge in [-0.3, -0.25) is 9.78 Å². The van der Waals surface area contributed by atoms with Gasteiger partial charge in [-0.15, -0.1) is 4.31 Å². The normalized spacial score (nSPS) is 22.7. The Labute approximate surface area is 171 Å². The number of rotatable bonds is 5. The largest absolute Gasteiger partial charge is 0.593 e. The quantitative estimate of drug-likeness (QED) is 0.630. The van der Waals surface area contributed by atoms with Crippen molar-refractivity contribution in [1.82, 2.24) is 19.6 Å². The van der Waals surface area contributed by atoms with Crippen molar-refractivity contribution >= 4 is 28.2 Å². The standard InChI is InChI=1S/C21H22N4O3S/c26-21(20-9-15-11-22-8-7-19(15)24-20)23-10-14-1-5-18(6-2-14)29(27)25-12-16-3-4-17(13-25)28-16/h1-2,5-9,11,16-17,24H,3-4,10,12-13H2,(H,23,26)/t16?,17?,29-/m1/s1. The highest BCUT2D eigenvalue weighted by Gasteiger charge is 2.39. The maximum atomic E-state index is 12.9. The lowest BCUT2D eigenvalue weighted by atomic mass is 10.2. The summed E-state index contributed by atoms with van der Waals surface area (Å²) in [6.07, 6.45) is 5.96. The summed E-state index contributed by atoms with van der Waals surface area (Å²) in [4.78, 5) is 20.3. The molecule has 1 aromatic carbocycles. The number of hydrogen-bond acceptors (Lipinski definition) is 5. The lowest BCUT2D eigenvalue weighted by Gasteiger charge is -2.31. The van der Waals surface area contributed by atoms with E-state index in [2.05, 4.69) is 15.3 Å². The molecule has 5 rings (SSSR count). The van der Waals surface area contributed by atoms with Gasteiger partial charge in [0, 0.05) is 29.8 Å². The first-order valence-corrected chi connectivity index (χ1v) is 10.9. The summed E-state index contributed by atoms with van der Waals surface area (Å²) in [6, 6.07) is 11.2. The van der Waals surface area contributed by atoms with E-state index in [1.807, 2.05) is 34.6 Å². The molecule has 8 heteroatoms. The van der Waals surface area contributed by atoms with Crippen molar-refractivity contribution in [2.24, 2.45) is 0 Å². The van der Waals surface area contributed by atoms with E-state index in [1.54, 1.807) is 18.5 Å². The zero-order valence-electron chi connectivity index (χ0n) is 15.8. The number of nitrogens with one attached hydrogen (secondary N) is 2. The third-order valence-electron chi connectivity index (χ3n) is 5.49. The molecule has 3 aromatic rings. The Balaban J connectivity index is 1.19. The van der Waals surface area contributed by atoms with Crippen LogP contribution in [0.15, 0.2) is 53.7 Å². The number of aromatic amines is 1. The minimum absolute atomic E-state index is 0.169. The number of morpholine rings is 1. The molecule has 1 amide bonds. The Kier molecular flexibility index (Phi) is 5.01. The first-order chi connectivity index (χ1) is 14.2. The molecule has 2 N–H and O–H groups in total. The van der Waals surface area contributed by atoms with Crippen molar-refractivity contribution in [2.45, 2.75) is 36.5 Å². The van der Waals surface area contributed by atoms with Crippen LogP contribution in [0.3, 0.4) is 0 Å². The van der Waals surface area contributed by atoms with Crippen LogP contribution in [-0.4, -0.2) is 50.0 Å². The number of amides is 1. The number of nitrogens with zero attached hydrogens (tertiary/aromatic N) is 2. The van der Waals surface area contributed by atoms with Gasteiger partial charge in [0.1, 0.15) is 5.69 Å². The zero-order valence-corrected chi connectivity index (χ0v) is 16.7. The summed E-state index contributed by atoms with van der Waals surface area (Å²) in [7, 11) is 0. The Hall–Kier alpha value is -2.39. The molecule has 150 valence electrons. The van der Waals surface area contributed by atoms with Crippen LogP contribution in [-0.2, 0) is 22.6 Å². The van der Waals surface area contributed by atoms with Crippen LogP contribution in [0.25, 0.3) is 10.9 Å². The van der Waals surface area contributed by atoms with Crippen LogP contribution in [0.1, 0.15) is 28.9 Å². The Bertz CT molecular complexity index is 977. The summed E-state index contributed by atoms with van der Waals surface area (Å²) >= 11 is -1.18. The molecule has 7 nitrogen and oxygen atoms in total. The molecule has 2 unspecified atom stereocenters. The lowest BCUT2D eigenvalue weighted by molar-refractivity contribution is -0.0114. The second kappa shape index (κ2) is 7.79. The van der Waals surface area contributed by atoms with Crippen molar-refractivity contribution < 1.29 is 14.1 Å². The fourth-order valence-electron chi connectivity index (χ4n) is 3.96. The Morgan fingerprint density at radius 3 is 2.72 bits per heavy atom. The average Bonchev–Trinajstić information content (AvgIpc) is 3.34. The second-order valence-corrected chi connectivity index (χ2v) is 9.01. The molecule has 2 aliphatic heterocycles. The number of benzene rings is 1. The fraction of sp³-hybridized carbons (Fsp3) is 0.333. The van der Waals surface area contributed by atoms with Crippen molar-refractivity contribution in [3.05, 3.63) is 60.0 Å². The first kappa shape index (κ1) is 18.6. The van der Waals surface area contributed by atoms with Gasteiger partial charge in [0.15, 0.2) is 4.90 Å². The van der Waals surface area contributed by atoms with Gasteiger partial charge >= 0.3 is 0 Å². The minimum Gasteiger partial charge on any atom is -0.593 e. The highest BCUT2D eigenvalue weighted by molar-refractivity contribution is 7.89. The maximum absolute atomic E-state index is 12.9. The summed E-state index contributed by atoms with van der Waals surface area (Å²) in [5.41, 5.74) is 2.35. The number of fused-ring (bicyclic) bond motifs is 3. The van der Waals surface area contributed by atoms with Gasteiger partial charge in [0.25, 0.3) is 5.91 Å². The molecule has 0 aliphatic carbocycles. The number of H-pyrrole nitrogens is 1. The van der Waals surface area contributed by atoms with Crippen molar-refractivity contribution in [3.8, 4) is 0 Å². The Morgan fingerprint density at radius 1 is 1.24 bits per heavy atom. The molecular weight excluding hydrogens is 388 g/mol.